The SMILES string of the molecule is CCCCCCCCCCCC(=O)O.O. The molecule has 3 nitrogen and oxygen atoms in total. The number of hydrogen-bond acceptors (Lipinski definition) is 1. The lowest BCUT2D eigenvalue weighted by Crippen LogP contribution is -1.93. The van der Waals surface area contributed by atoms with Gasteiger partial charge in [0, 0.05) is 6.42 Å². The molecule has 0 aromatic carbocycles. The van der Waals surface area contributed by atoms with Gasteiger partial charge in [-0.3, -0.25) is 4.79 Å². The van der Waals surface area contributed by atoms with E-state index < -0.39 is 5.97 Å². The highest BCUT2D eigenvalue weighted by molar-refractivity contribution is 5.66. The molecule has 0 radical (unpaired) electrons. The van der Waals surface area contributed by atoms with E-state index >= 15 is 0 Å². The molecule has 15 heavy (non-hydrogen) atoms. The Labute approximate surface area is 93.2 Å². The van der Waals surface area contributed by atoms with Crippen LogP contribution in [0.1, 0.15) is 71.1 Å². The number of rotatable bonds is 10. The Hall–Kier alpha value is -0.570. The molecule has 0 atom stereocenters. The number of hydrogen-bond donors (Lipinski definition) is 1. The molecule has 0 saturated carbocycles. The van der Waals surface area contributed by atoms with Gasteiger partial charge in [-0.1, -0.05) is 58.3 Å². The number of carboxylic acids is 1. The Kier molecular flexibility index (Phi) is 15.1. The van der Waals surface area contributed by atoms with Gasteiger partial charge in [0.1, 0.15) is 0 Å². The van der Waals surface area contributed by atoms with E-state index in [1.165, 1.54) is 44.9 Å². The Bertz CT molecular complexity index is 135. The summed E-state index contributed by atoms with van der Waals surface area (Å²) in [6.07, 6.45) is 11.5. The molecule has 3 N–H and O–H groups in total. The van der Waals surface area contributed by atoms with E-state index in [9.17, 15) is 4.79 Å². The van der Waals surface area contributed by atoms with Crippen molar-refractivity contribution < 1.29 is 15.4 Å². The first-order chi connectivity index (χ1) is 6.77. The van der Waals surface area contributed by atoms with Crippen molar-refractivity contribution in [1.29, 1.82) is 0 Å². The van der Waals surface area contributed by atoms with Gasteiger partial charge in [-0.25, -0.2) is 0 Å². The van der Waals surface area contributed by atoms with E-state index in [2.05, 4.69) is 6.92 Å². The highest BCUT2D eigenvalue weighted by Gasteiger charge is 1.96. The summed E-state index contributed by atoms with van der Waals surface area (Å²) >= 11 is 0. The molecule has 0 amide bonds. The molecule has 0 aromatic heterocycles. The molecule has 0 rings (SSSR count). The van der Waals surface area contributed by atoms with Gasteiger partial charge < -0.3 is 10.6 Å². The van der Waals surface area contributed by atoms with Crippen molar-refractivity contribution in [3.8, 4) is 0 Å². The van der Waals surface area contributed by atoms with Crippen molar-refractivity contribution in [2.45, 2.75) is 71.1 Å². The summed E-state index contributed by atoms with van der Waals surface area (Å²) in [6.45, 7) is 2.23. The van der Waals surface area contributed by atoms with Crippen LogP contribution in [0, 0.1) is 0 Å². The monoisotopic (exact) mass is 218 g/mol. The van der Waals surface area contributed by atoms with Crippen LogP contribution in [0.4, 0.5) is 0 Å². The second kappa shape index (κ2) is 13.4. The van der Waals surface area contributed by atoms with Crippen molar-refractivity contribution in [1.82, 2.24) is 0 Å². The first-order valence-corrected chi connectivity index (χ1v) is 5.99. The van der Waals surface area contributed by atoms with Gasteiger partial charge in [-0.15, -0.1) is 0 Å². The normalized spacial score (nSPS) is 9.67. The first kappa shape index (κ1) is 16.8. The van der Waals surface area contributed by atoms with Crippen LogP contribution in [0.25, 0.3) is 0 Å². The highest BCUT2D eigenvalue weighted by atomic mass is 16.4. The van der Waals surface area contributed by atoms with Gasteiger partial charge in [0.15, 0.2) is 0 Å². The third-order valence-corrected chi connectivity index (χ3v) is 2.49. The van der Waals surface area contributed by atoms with E-state index in [4.69, 9.17) is 5.11 Å². The number of unbranched alkanes of at least 4 members (excludes halogenated alkanes) is 8. The maximum absolute atomic E-state index is 10.2. The van der Waals surface area contributed by atoms with Gasteiger partial charge >= 0.3 is 5.97 Å². The van der Waals surface area contributed by atoms with E-state index in [0.717, 1.165) is 12.8 Å². The van der Waals surface area contributed by atoms with E-state index in [1.54, 1.807) is 0 Å². The zero-order valence-electron chi connectivity index (χ0n) is 9.93. The fourth-order valence-corrected chi connectivity index (χ4v) is 1.59. The minimum absolute atomic E-state index is 0. The zero-order valence-corrected chi connectivity index (χ0v) is 9.93. The van der Waals surface area contributed by atoms with Crippen molar-refractivity contribution in [3.05, 3.63) is 0 Å². The third kappa shape index (κ3) is 16.1. The molecule has 0 aliphatic heterocycles. The first-order valence-electron chi connectivity index (χ1n) is 5.99. The molecule has 0 aliphatic rings. The Morgan fingerprint density at radius 3 is 1.67 bits per heavy atom. The average Bonchev–Trinajstić information content (AvgIpc) is 2.15. The molecular formula is C12H26O3. The predicted molar refractivity (Wildman–Crippen MR) is 63.1 cm³/mol. The molecule has 0 fully saturated rings. The van der Waals surface area contributed by atoms with Crippen molar-refractivity contribution in [2.75, 3.05) is 0 Å². The molecule has 0 aliphatic carbocycles. The van der Waals surface area contributed by atoms with E-state index in [-0.39, 0.29) is 5.48 Å². The summed E-state index contributed by atoms with van der Waals surface area (Å²) in [5, 5.41) is 8.41. The van der Waals surface area contributed by atoms with E-state index in [1.807, 2.05) is 0 Å². The van der Waals surface area contributed by atoms with Crippen LogP contribution in [0.15, 0.2) is 0 Å². The second-order valence-electron chi connectivity index (χ2n) is 3.97. The molecule has 3 heteroatoms. The van der Waals surface area contributed by atoms with Crippen LogP contribution < -0.4 is 0 Å². The molecule has 0 bridgehead atoms. The van der Waals surface area contributed by atoms with Crippen LogP contribution in [-0.4, -0.2) is 16.6 Å². The lowest BCUT2D eigenvalue weighted by molar-refractivity contribution is -0.137. The maximum Gasteiger partial charge on any atom is 0.303 e. The Morgan fingerprint density at radius 2 is 1.27 bits per heavy atom. The fourth-order valence-electron chi connectivity index (χ4n) is 1.59. The number of aliphatic carboxylic acids is 1. The third-order valence-electron chi connectivity index (χ3n) is 2.49. The minimum Gasteiger partial charge on any atom is -0.481 e. The van der Waals surface area contributed by atoms with Crippen molar-refractivity contribution in [2.24, 2.45) is 0 Å². The topological polar surface area (TPSA) is 68.8 Å². The van der Waals surface area contributed by atoms with E-state index in [0.29, 0.717) is 6.42 Å². The summed E-state index contributed by atoms with van der Waals surface area (Å²) in [5.74, 6) is -0.659. The molecule has 0 saturated heterocycles. The smallest absolute Gasteiger partial charge is 0.303 e. The number of carbonyl (C=O) groups is 1. The van der Waals surface area contributed by atoms with Crippen molar-refractivity contribution in [3.63, 3.8) is 0 Å². The molecule has 0 spiro atoms. The molecule has 92 valence electrons. The fraction of sp³-hybridized carbons (Fsp3) is 0.917. The average molecular weight is 218 g/mol. The van der Waals surface area contributed by atoms with Crippen LogP contribution in [0.2, 0.25) is 0 Å². The lowest BCUT2D eigenvalue weighted by Gasteiger charge is -2.00. The highest BCUT2D eigenvalue weighted by Crippen LogP contribution is 2.10. The number of carboxylic acid groups (broad SMARTS) is 1. The Morgan fingerprint density at radius 1 is 0.867 bits per heavy atom. The summed E-state index contributed by atoms with van der Waals surface area (Å²) in [7, 11) is 0. The Balaban J connectivity index is 0. The standard InChI is InChI=1S/C12H24O2.H2O/c1-2-3-4-5-6-7-8-9-10-11-12(13)14;/h2-11H2,1H3,(H,13,14);1H2. The minimum atomic E-state index is -0.659. The molecular weight excluding hydrogens is 192 g/mol. The quantitative estimate of drug-likeness (QED) is 0.572. The van der Waals surface area contributed by atoms with Crippen LogP contribution in [0.5, 0.6) is 0 Å². The van der Waals surface area contributed by atoms with Gasteiger partial charge in [-0.05, 0) is 6.42 Å². The zero-order chi connectivity index (χ0) is 10.6. The van der Waals surface area contributed by atoms with Gasteiger partial charge in [-0.2, -0.15) is 0 Å². The second-order valence-corrected chi connectivity index (χ2v) is 3.97. The van der Waals surface area contributed by atoms with Crippen LogP contribution >= 0.6 is 0 Å². The maximum atomic E-state index is 10.2. The van der Waals surface area contributed by atoms with Gasteiger partial charge in [0.05, 0.1) is 0 Å². The van der Waals surface area contributed by atoms with Crippen LogP contribution in [-0.2, 0) is 4.79 Å². The summed E-state index contributed by atoms with van der Waals surface area (Å²) in [5.41, 5.74) is 0. The molecule has 0 unspecified atom stereocenters. The lowest BCUT2D eigenvalue weighted by atomic mass is 10.1. The van der Waals surface area contributed by atoms with Crippen LogP contribution in [0.3, 0.4) is 0 Å². The molecule has 0 heterocycles. The largest absolute Gasteiger partial charge is 0.481 e. The summed E-state index contributed by atoms with van der Waals surface area (Å²) in [4.78, 5) is 10.2. The molecule has 0 aromatic rings. The predicted octanol–water partition coefficient (Wildman–Crippen LogP) is 3.17. The van der Waals surface area contributed by atoms with Crippen molar-refractivity contribution >= 4 is 5.97 Å². The summed E-state index contributed by atoms with van der Waals surface area (Å²) in [6, 6.07) is 0. The van der Waals surface area contributed by atoms with Gasteiger partial charge in [0.25, 0.3) is 0 Å². The summed E-state index contributed by atoms with van der Waals surface area (Å²) < 4.78 is 0. The van der Waals surface area contributed by atoms with Gasteiger partial charge in [0.2, 0.25) is 0 Å².